The van der Waals surface area contributed by atoms with E-state index < -0.39 is 25.6 Å². The molecule has 1 aliphatic heterocycles. The third-order valence-electron chi connectivity index (χ3n) is 7.24. The summed E-state index contributed by atoms with van der Waals surface area (Å²) in [5.74, 6) is -0.379. The van der Waals surface area contributed by atoms with Crippen LogP contribution in [0, 0.1) is 0 Å². The van der Waals surface area contributed by atoms with E-state index in [2.05, 4.69) is 45.8 Å². The SMILES string of the molecule is C=CC[C@@]1(N[C@@H](CO[Si](C)(C)C(C)(C)C)c2ccccc2)C(=O)N(C(=O)OC(C)(C)C)c2ccccc21. The van der Waals surface area contributed by atoms with Gasteiger partial charge in [0.15, 0.2) is 8.32 Å². The van der Waals surface area contributed by atoms with Crippen LogP contribution in [0.4, 0.5) is 10.5 Å². The van der Waals surface area contributed by atoms with Crippen molar-refractivity contribution in [2.45, 2.75) is 83.3 Å². The fourth-order valence-electron chi connectivity index (χ4n) is 4.26. The highest BCUT2D eigenvalue weighted by Gasteiger charge is 2.54. The van der Waals surface area contributed by atoms with E-state index in [1.54, 1.807) is 32.9 Å². The Hall–Kier alpha value is -2.74. The van der Waals surface area contributed by atoms with Crippen molar-refractivity contribution in [3.63, 3.8) is 0 Å². The molecule has 0 bridgehead atoms. The van der Waals surface area contributed by atoms with Crippen LogP contribution in [0.25, 0.3) is 0 Å². The number of fused-ring (bicyclic) bond motifs is 1. The van der Waals surface area contributed by atoms with Gasteiger partial charge in [-0.3, -0.25) is 10.1 Å². The van der Waals surface area contributed by atoms with Crippen LogP contribution in [0.3, 0.4) is 0 Å². The van der Waals surface area contributed by atoms with E-state index in [4.69, 9.17) is 9.16 Å². The van der Waals surface area contributed by atoms with Gasteiger partial charge >= 0.3 is 6.09 Å². The number of benzene rings is 2. The van der Waals surface area contributed by atoms with Crippen LogP contribution in [0.2, 0.25) is 18.1 Å². The number of hydrogen-bond donors (Lipinski definition) is 1. The summed E-state index contributed by atoms with van der Waals surface area (Å²) in [5, 5.41) is 3.69. The van der Waals surface area contributed by atoms with Gasteiger partial charge in [-0.1, -0.05) is 75.4 Å². The number of rotatable bonds is 8. The Labute approximate surface area is 223 Å². The first-order valence-corrected chi connectivity index (χ1v) is 15.8. The molecule has 1 N–H and O–H groups in total. The Morgan fingerprint density at radius 1 is 1.05 bits per heavy atom. The van der Waals surface area contributed by atoms with Crippen LogP contribution in [0.5, 0.6) is 0 Å². The van der Waals surface area contributed by atoms with Gasteiger partial charge in [0.05, 0.1) is 18.3 Å². The third kappa shape index (κ3) is 6.05. The molecule has 0 saturated heterocycles. The van der Waals surface area contributed by atoms with Crippen molar-refractivity contribution in [1.29, 1.82) is 0 Å². The molecule has 0 aliphatic carbocycles. The van der Waals surface area contributed by atoms with Crippen LogP contribution in [-0.2, 0) is 19.5 Å². The molecule has 7 heteroatoms. The van der Waals surface area contributed by atoms with E-state index in [0.717, 1.165) is 16.0 Å². The van der Waals surface area contributed by atoms with Gasteiger partial charge in [0.25, 0.3) is 5.91 Å². The van der Waals surface area contributed by atoms with Gasteiger partial charge in [0, 0.05) is 5.56 Å². The van der Waals surface area contributed by atoms with Crippen LogP contribution in [0.1, 0.15) is 65.1 Å². The number of ether oxygens (including phenoxy) is 1. The first-order chi connectivity index (χ1) is 17.1. The fraction of sp³-hybridized carbons (Fsp3) is 0.467. The Bertz CT molecular complexity index is 1130. The average Bonchev–Trinajstić information content (AvgIpc) is 3.03. The molecule has 37 heavy (non-hydrogen) atoms. The lowest BCUT2D eigenvalue weighted by Gasteiger charge is -2.39. The van der Waals surface area contributed by atoms with Crippen molar-refractivity contribution in [1.82, 2.24) is 5.32 Å². The van der Waals surface area contributed by atoms with Gasteiger partial charge in [-0.2, -0.15) is 0 Å². The Balaban J connectivity index is 2.08. The van der Waals surface area contributed by atoms with Crippen LogP contribution >= 0.6 is 0 Å². The topological polar surface area (TPSA) is 67.9 Å². The maximum absolute atomic E-state index is 14.2. The van der Waals surface area contributed by atoms with Gasteiger partial charge in [-0.15, -0.1) is 6.58 Å². The lowest BCUT2D eigenvalue weighted by molar-refractivity contribution is -0.124. The van der Waals surface area contributed by atoms with Gasteiger partial charge in [0.2, 0.25) is 0 Å². The summed E-state index contributed by atoms with van der Waals surface area (Å²) in [6.45, 7) is 20.8. The summed E-state index contributed by atoms with van der Waals surface area (Å²) in [4.78, 5) is 28.6. The molecule has 0 radical (unpaired) electrons. The number of amides is 2. The highest BCUT2D eigenvalue weighted by Crippen LogP contribution is 2.45. The minimum Gasteiger partial charge on any atom is -0.443 e. The molecule has 0 aromatic heterocycles. The second-order valence-corrected chi connectivity index (χ2v) is 17.0. The summed E-state index contributed by atoms with van der Waals surface area (Å²) < 4.78 is 12.3. The molecule has 0 unspecified atom stereocenters. The summed E-state index contributed by atoms with van der Waals surface area (Å²) in [6, 6.07) is 17.1. The number of carbonyl (C=O) groups excluding carboxylic acids is 2. The lowest BCUT2D eigenvalue weighted by atomic mass is 9.86. The van der Waals surface area contributed by atoms with E-state index in [-0.39, 0.29) is 17.0 Å². The number of nitrogens with zero attached hydrogens (tertiary/aromatic N) is 1. The first-order valence-electron chi connectivity index (χ1n) is 12.9. The highest BCUT2D eigenvalue weighted by atomic mass is 28.4. The smallest absolute Gasteiger partial charge is 0.421 e. The third-order valence-corrected chi connectivity index (χ3v) is 11.7. The molecule has 0 saturated carbocycles. The standard InChI is InChI=1S/C30H42N2O4Si/c1-10-20-30(23-18-14-15-19-25(23)32(26(30)33)27(34)36-28(2,3)4)31-24(22-16-12-11-13-17-22)21-35-37(8,9)29(5,6)7/h10-19,24,31H,1,20-21H2,2-9H3/t24-,30-/m0/s1. The molecule has 3 rings (SSSR count). The molecular weight excluding hydrogens is 480 g/mol. The molecule has 2 atom stereocenters. The molecule has 1 heterocycles. The summed E-state index contributed by atoms with van der Waals surface area (Å²) >= 11 is 0. The van der Waals surface area contributed by atoms with E-state index in [0.29, 0.717) is 18.7 Å². The molecule has 1 aliphatic rings. The minimum atomic E-state index is -2.08. The monoisotopic (exact) mass is 522 g/mol. The van der Waals surface area contributed by atoms with E-state index in [1.807, 2.05) is 48.5 Å². The molecule has 0 spiro atoms. The number of anilines is 1. The zero-order valence-electron chi connectivity index (χ0n) is 23.6. The lowest BCUT2D eigenvalue weighted by Crippen LogP contribution is -2.54. The number of nitrogens with one attached hydrogen (secondary N) is 1. The zero-order chi connectivity index (χ0) is 27.6. The predicted octanol–water partition coefficient (Wildman–Crippen LogP) is 7.09. The van der Waals surface area contributed by atoms with Crippen molar-refractivity contribution in [3.8, 4) is 0 Å². The maximum atomic E-state index is 14.2. The summed E-state index contributed by atoms with van der Waals surface area (Å²) in [5.41, 5.74) is 0.303. The molecule has 2 aromatic carbocycles. The van der Waals surface area contributed by atoms with Crippen LogP contribution in [-0.4, -0.2) is 32.5 Å². The van der Waals surface area contributed by atoms with Crippen molar-refractivity contribution < 1.29 is 18.8 Å². The number of para-hydroxylation sites is 1. The Morgan fingerprint density at radius 3 is 2.22 bits per heavy atom. The van der Waals surface area contributed by atoms with Gasteiger partial charge in [0.1, 0.15) is 11.1 Å². The highest BCUT2D eigenvalue weighted by molar-refractivity contribution is 6.74. The van der Waals surface area contributed by atoms with Crippen molar-refractivity contribution in [3.05, 3.63) is 78.4 Å². The maximum Gasteiger partial charge on any atom is 0.421 e. The fourth-order valence-corrected chi connectivity index (χ4v) is 5.27. The molecule has 2 aromatic rings. The van der Waals surface area contributed by atoms with Gasteiger partial charge < -0.3 is 9.16 Å². The molecule has 6 nitrogen and oxygen atoms in total. The van der Waals surface area contributed by atoms with Gasteiger partial charge in [-0.25, -0.2) is 9.69 Å². The predicted molar refractivity (Wildman–Crippen MR) is 152 cm³/mol. The number of hydrogen-bond acceptors (Lipinski definition) is 5. The Morgan fingerprint density at radius 2 is 1.65 bits per heavy atom. The Kier molecular flexibility index (Phi) is 8.22. The molecule has 2 amide bonds. The number of imide groups is 1. The molecular formula is C30H42N2O4Si. The average molecular weight is 523 g/mol. The van der Waals surface area contributed by atoms with Gasteiger partial charge in [-0.05, 0) is 57.0 Å². The van der Waals surface area contributed by atoms with Crippen molar-refractivity contribution in [2.75, 3.05) is 11.5 Å². The van der Waals surface area contributed by atoms with Crippen molar-refractivity contribution >= 4 is 26.0 Å². The first kappa shape index (κ1) is 28.8. The molecule has 200 valence electrons. The van der Waals surface area contributed by atoms with E-state index in [9.17, 15) is 9.59 Å². The zero-order valence-corrected chi connectivity index (χ0v) is 24.6. The van der Waals surface area contributed by atoms with E-state index >= 15 is 0 Å². The largest absolute Gasteiger partial charge is 0.443 e. The normalized spacial score (nSPS) is 18.9. The second kappa shape index (κ2) is 10.6. The number of carbonyl (C=O) groups is 2. The molecule has 0 fully saturated rings. The summed E-state index contributed by atoms with van der Waals surface area (Å²) in [6.07, 6.45) is 1.33. The van der Waals surface area contributed by atoms with Crippen LogP contribution in [0.15, 0.2) is 67.3 Å². The van der Waals surface area contributed by atoms with Crippen LogP contribution < -0.4 is 10.2 Å². The quantitative estimate of drug-likeness (QED) is 0.296. The second-order valence-electron chi connectivity index (χ2n) is 12.2. The minimum absolute atomic E-state index is 0.0380. The summed E-state index contributed by atoms with van der Waals surface area (Å²) in [7, 11) is -2.08. The van der Waals surface area contributed by atoms with Crippen molar-refractivity contribution in [2.24, 2.45) is 0 Å². The van der Waals surface area contributed by atoms with E-state index in [1.165, 1.54) is 0 Å².